The number of H-pyrrole nitrogens is 1. The second-order valence-corrected chi connectivity index (χ2v) is 7.01. The first kappa shape index (κ1) is 17.4. The van der Waals surface area contributed by atoms with E-state index in [1.54, 1.807) is 7.11 Å². The van der Waals surface area contributed by atoms with Gasteiger partial charge in [0.15, 0.2) is 0 Å². The van der Waals surface area contributed by atoms with Crippen molar-refractivity contribution < 1.29 is 14.3 Å². The summed E-state index contributed by atoms with van der Waals surface area (Å²) in [5, 5.41) is 3.04. The van der Waals surface area contributed by atoms with Crippen LogP contribution in [0.5, 0.6) is 11.5 Å². The first-order chi connectivity index (χ1) is 13.1. The van der Waals surface area contributed by atoms with Crippen LogP contribution in [-0.2, 0) is 17.6 Å². The summed E-state index contributed by atoms with van der Waals surface area (Å²) in [6, 6.07) is 11.8. The predicted molar refractivity (Wildman–Crippen MR) is 103 cm³/mol. The summed E-state index contributed by atoms with van der Waals surface area (Å²) >= 11 is 0. The van der Waals surface area contributed by atoms with E-state index in [0.717, 1.165) is 45.9 Å². The van der Waals surface area contributed by atoms with E-state index in [2.05, 4.69) is 15.3 Å². The number of rotatable bonds is 5. The first-order valence-corrected chi connectivity index (χ1v) is 9.12. The molecule has 6 nitrogen and oxygen atoms in total. The van der Waals surface area contributed by atoms with E-state index in [9.17, 15) is 4.79 Å². The highest BCUT2D eigenvalue weighted by atomic mass is 16.5. The summed E-state index contributed by atoms with van der Waals surface area (Å²) in [6.45, 7) is 3.13. The van der Waals surface area contributed by atoms with Gasteiger partial charge < -0.3 is 19.8 Å². The van der Waals surface area contributed by atoms with Crippen molar-refractivity contribution in [3.8, 4) is 11.5 Å². The van der Waals surface area contributed by atoms with E-state index >= 15 is 0 Å². The third kappa shape index (κ3) is 3.89. The Morgan fingerprint density at radius 3 is 3.07 bits per heavy atom. The number of aryl methyl sites for hydroxylation is 1. The Kier molecular flexibility index (Phi) is 4.71. The molecule has 0 saturated heterocycles. The van der Waals surface area contributed by atoms with Gasteiger partial charge in [-0.3, -0.25) is 4.79 Å². The Labute approximate surface area is 157 Å². The largest absolute Gasteiger partial charge is 0.497 e. The van der Waals surface area contributed by atoms with Crippen LogP contribution >= 0.6 is 0 Å². The van der Waals surface area contributed by atoms with Gasteiger partial charge in [-0.25, -0.2) is 4.98 Å². The number of methoxy groups -OCH3 is 1. The van der Waals surface area contributed by atoms with Gasteiger partial charge >= 0.3 is 0 Å². The number of aromatic amines is 1. The lowest BCUT2D eigenvalue weighted by molar-refractivity contribution is -0.120. The zero-order valence-corrected chi connectivity index (χ0v) is 15.5. The fraction of sp³-hybridized carbons (Fsp3) is 0.333. The first-order valence-electron chi connectivity index (χ1n) is 9.12. The van der Waals surface area contributed by atoms with E-state index in [1.807, 2.05) is 43.3 Å². The Bertz CT molecular complexity index is 980. The molecule has 4 rings (SSSR count). The molecule has 6 heteroatoms. The van der Waals surface area contributed by atoms with Gasteiger partial charge in [0.1, 0.15) is 17.3 Å². The molecule has 140 valence electrons. The monoisotopic (exact) mass is 365 g/mol. The number of ether oxygens (including phenoxy) is 2. The van der Waals surface area contributed by atoms with Crippen LogP contribution in [0.25, 0.3) is 11.0 Å². The number of carbonyl (C=O) groups is 1. The number of amides is 1. The maximum absolute atomic E-state index is 12.3. The molecule has 3 aromatic rings. The highest BCUT2D eigenvalue weighted by molar-refractivity contribution is 5.81. The number of hydrogen-bond donors (Lipinski definition) is 2. The average molecular weight is 365 g/mol. The third-order valence-electron chi connectivity index (χ3n) is 4.87. The van der Waals surface area contributed by atoms with Crippen LogP contribution in [-0.4, -0.2) is 36.1 Å². The maximum Gasteiger partial charge on any atom is 0.224 e. The molecule has 0 spiro atoms. The van der Waals surface area contributed by atoms with Crippen molar-refractivity contribution in [3.05, 3.63) is 53.3 Å². The molecule has 0 saturated carbocycles. The molecule has 27 heavy (non-hydrogen) atoms. The molecule has 1 aliphatic heterocycles. The maximum atomic E-state index is 12.3. The van der Waals surface area contributed by atoms with Crippen molar-refractivity contribution in [3.63, 3.8) is 0 Å². The highest BCUT2D eigenvalue weighted by Crippen LogP contribution is 2.30. The summed E-state index contributed by atoms with van der Waals surface area (Å²) in [5.41, 5.74) is 4.01. The number of imidazole rings is 1. The van der Waals surface area contributed by atoms with Gasteiger partial charge in [0.05, 0.1) is 31.2 Å². The molecule has 0 unspecified atom stereocenters. The van der Waals surface area contributed by atoms with Crippen LogP contribution in [0.15, 0.2) is 36.4 Å². The molecule has 1 aliphatic rings. The van der Waals surface area contributed by atoms with Crippen LogP contribution in [0, 0.1) is 12.8 Å². The molecule has 2 heterocycles. The minimum atomic E-state index is 0.0196. The van der Waals surface area contributed by atoms with Gasteiger partial charge in [0, 0.05) is 18.5 Å². The van der Waals surface area contributed by atoms with Crippen molar-refractivity contribution in [1.29, 1.82) is 0 Å². The van der Waals surface area contributed by atoms with Crippen LogP contribution < -0.4 is 14.8 Å². The average Bonchev–Trinajstić information content (AvgIpc) is 3.05. The lowest BCUT2D eigenvalue weighted by Gasteiger charge is -2.25. The van der Waals surface area contributed by atoms with Crippen molar-refractivity contribution in [2.24, 2.45) is 5.92 Å². The zero-order chi connectivity index (χ0) is 18.8. The highest BCUT2D eigenvalue weighted by Gasteiger charge is 2.21. The van der Waals surface area contributed by atoms with E-state index in [0.29, 0.717) is 19.6 Å². The molecule has 0 radical (unpaired) electrons. The van der Waals surface area contributed by atoms with Gasteiger partial charge in [-0.05, 0) is 42.7 Å². The summed E-state index contributed by atoms with van der Waals surface area (Å²) in [4.78, 5) is 19.9. The number of nitrogens with zero attached hydrogens (tertiary/aromatic N) is 1. The molecule has 1 aromatic heterocycles. The van der Waals surface area contributed by atoms with E-state index in [1.165, 1.54) is 0 Å². The second kappa shape index (κ2) is 7.31. The van der Waals surface area contributed by atoms with Crippen LogP contribution in [0.3, 0.4) is 0 Å². The van der Waals surface area contributed by atoms with E-state index in [-0.39, 0.29) is 11.8 Å². The molecule has 0 fully saturated rings. The van der Waals surface area contributed by atoms with Gasteiger partial charge in [0.2, 0.25) is 5.91 Å². The van der Waals surface area contributed by atoms with Crippen LogP contribution in [0.1, 0.15) is 17.0 Å². The molecule has 1 atom stereocenters. The van der Waals surface area contributed by atoms with Crippen LogP contribution in [0.2, 0.25) is 0 Å². The summed E-state index contributed by atoms with van der Waals surface area (Å²) in [5.74, 6) is 2.84. The predicted octanol–water partition coefficient (Wildman–Crippen LogP) is 2.79. The Balaban J connectivity index is 1.32. The fourth-order valence-corrected chi connectivity index (χ4v) is 3.47. The molecular weight excluding hydrogens is 342 g/mol. The molecule has 1 amide bonds. The van der Waals surface area contributed by atoms with Crippen molar-refractivity contribution in [2.75, 3.05) is 20.3 Å². The van der Waals surface area contributed by atoms with Crippen molar-refractivity contribution in [1.82, 2.24) is 15.3 Å². The van der Waals surface area contributed by atoms with Crippen molar-refractivity contribution >= 4 is 16.9 Å². The number of nitrogens with one attached hydrogen (secondary N) is 2. The Hall–Kier alpha value is -3.02. The smallest absolute Gasteiger partial charge is 0.224 e. The summed E-state index contributed by atoms with van der Waals surface area (Å²) in [7, 11) is 1.65. The van der Waals surface area contributed by atoms with E-state index < -0.39 is 0 Å². The summed E-state index contributed by atoms with van der Waals surface area (Å²) < 4.78 is 11.1. The topological polar surface area (TPSA) is 76.2 Å². The standard InChI is InChI=1S/C21H23N3O3/c1-13-23-18-6-3-14(8-19(18)24-13)9-21(25)22-11-15-7-16-4-5-17(26-2)10-20(16)27-12-15/h3-6,8,10,15H,7,9,11-12H2,1-2H3,(H,22,25)(H,23,24)/t15-/m1/s1. The lowest BCUT2D eigenvalue weighted by atomic mass is 9.96. The molecule has 0 aliphatic carbocycles. The van der Waals surface area contributed by atoms with Gasteiger partial charge in [-0.1, -0.05) is 12.1 Å². The number of fused-ring (bicyclic) bond motifs is 2. The molecule has 2 aromatic carbocycles. The van der Waals surface area contributed by atoms with Gasteiger partial charge in [-0.2, -0.15) is 0 Å². The zero-order valence-electron chi connectivity index (χ0n) is 15.5. The SMILES string of the molecule is COc1ccc2c(c1)OC[C@@H](CNC(=O)Cc1ccc3nc(C)[nH]c3c1)C2. The van der Waals surface area contributed by atoms with Crippen LogP contribution in [0.4, 0.5) is 0 Å². The van der Waals surface area contributed by atoms with Crippen molar-refractivity contribution in [2.45, 2.75) is 19.8 Å². The second-order valence-electron chi connectivity index (χ2n) is 7.01. The number of carbonyl (C=O) groups excluding carboxylic acids is 1. The Morgan fingerprint density at radius 1 is 1.33 bits per heavy atom. The normalized spacial score (nSPS) is 15.9. The lowest BCUT2D eigenvalue weighted by Crippen LogP contribution is -2.35. The third-order valence-corrected chi connectivity index (χ3v) is 4.87. The Morgan fingerprint density at radius 2 is 2.22 bits per heavy atom. The minimum absolute atomic E-state index is 0.0196. The quantitative estimate of drug-likeness (QED) is 0.729. The van der Waals surface area contributed by atoms with E-state index in [4.69, 9.17) is 9.47 Å². The molecule has 0 bridgehead atoms. The number of benzene rings is 2. The molecular formula is C21H23N3O3. The molecule has 2 N–H and O–H groups in total. The summed E-state index contributed by atoms with van der Waals surface area (Å²) in [6.07, 6.45) is 1.24. The minimum Gasteiger partial charge on any atom is -0.497 e. The number of hydrogen-bond acceptors (Lipinski definition) is 4. The number of aromatic nitrogens is 2. The fourth-order valence-electron chi connectivity index (χ4n) is 3.47. The van der Waals surface area contributed by atoms with Gasteiger partial charge in [0.25, 0.3) is 0 Å². The van der Waals surface area contributed by atoms with Gasteiger partial charge in [-0.15, -0.1) is 0 Å².